The van der Waals surface area contributed by atoms with Crippen molar-refractivity contribution in [1.29, 1.82) is 0 Å². The molecule has 0 aliphatic carbocycles. The Kier molecular flexibility index (Phi) is 8.38. The highest BCUT2D eigenvalue weighted by Gasteiger charge is 2.19. The van der Waals surface area contributed by atoms with Crippen LogP contribution in [0.3, 0.4) is 0 Å². The van der Waals surface area contributed by atoms with Gasteiger partial charge in [-0.05, 0) is 49.6 Å². The molecular weight excluding hydrogens is 432 g/mol. The largest absolute Gasteiger partial charge is 0.490 e. The fourth-order valence-corrected chi connectivity index (χ4v) is 3.85. The topological polar surface area (TPSA) is 50.8 Å². The van der Waals surface area contributed by atoms with Crippen molar-refractivity contribution in [3.63, 3.8) is 0 Å². The summed E-state index contributed by atoms with van der Waals surface area (Å²) in [6.07, 6.45) is 2.66. The first-order valence-corrected chi connectivity index (χ1v) is 11.1. The summed E-state index contributed by atoms with van der Waals surface area (Å²) in [4.78, 5) is 13.6. The second kappa shape index (κ2) is 11.2. The number of hydrogen-bond acceptors (Lipinski definition) is 4. The van der Waals surface area contributed by atoms with Crippen LogP contribution in [0.2, 0.25) is 0 Å². The minimum absolute atomic E-state index is 0.292. The van der Waals surface area contributed by atoms with Gasteiger partial charge >= 0.3 is 0 Å². The fourth-order valence-electron chi connectivity index (χ4n) is 3.39. The zero-order valence-corrected chi connectivity index (χ0v) is 18.5. The van der Waals surface area contributed by atoms with Crippen LogP contribution in [-0.2, 0) is 17.9 Å². The van der Waals surface area contributed by atoms with Gasteiger partial charge < -0.3 is 19.7 Å². The summed E-state index contributed by atoms with van der Waals surface area (Å²) in [5.74, 6) is 1.78. The van der Waals surface area contributed by atoms with E-state index in [4.69, 9.17) is 9.47 Å². The van der Waals surface area contributed by atoms with Crippen molar-refractivity contribution in [1.82, 2.24) is 10.2 Å². The molecule has 29 heavy (non-hydrogen) atoms. The number of carbonyl (C=O) groups is 1. The van der Waals surface area contributed by atoms with Gasteiger partial charge in [-0.15, -0.1) is 0 Å². The van der Waals surface area contributed by atoms with Crippen LogP contribution in [0.15, 0.2) is 46.9 Å². The van der Waals surface area contributed by atoms with E-state index in [2.05, 4.69) is 21.2 Å². The molecule has 1 fully saturated rings. The summed E-state index contributed by atoms with van der Waals surface area (Å²) >= 11 is 3.66. The first-order valence-electron chi connectivity index (χ1n) is 10.3. The van der Waals surface area contributed by atoms with Gasteiger partial charge in [0.1, 0.15) is 6.61 Å². The second-order valence-electron chi connectivity index (χ2n) is 7.11. The zero-order valence-electron chi connectivity index (χ0n) is 17.0. The number of amides is 1. The number of likely N-dealkylation sites (tertiary alicyclic amines) is 1. The van der Waals surface area contributed by atoms with Gasteiger partial charge in [0, 0.05) is 30.5 Å². The molecule has 0 atom stereocenters. The van der Waals surface area contributed by atoms with Crippen molar-refractivity contribution in [3.05, 3.63) is 58.1 Å². The van der Waals surface area contributed by atoms with Gasteiger partial charge in [-0.2, -0.15) is 0 Å². The lowest BCUT2D eigenvalue weighted by molar-refractivity contribution is -0.127. The van der Waals surface area contributed by atoms with E-state index in [1.54, 1.807) is 0 Å². The van der Waals surface area contributed by atoms with Crippen LogP contribution in [0.5, 0.6) is 11.5 Å². The SMILES string of the molecule is CCOc1cc(CNCCCN2CCCC2=O)c(Br)cc1OCc1ccccc1. The van der Waals surface area contributed by atoms with Gasteiger partial charge in [-0.25, -0.2) is 0 Å². The lowest BCUT2D eigenvalue weighted by Crippen LogP contribution is -2.28. The monoisotopic (exact) mass is 460 g/mol. The molecule has 0 aromatic heterocycles. The Labute approximate surface area is 181 Å². The molecule has 1 aliphatic rings. The predicted octanol–water partition coefficient (Wildman–Crippen LogP) is 4.53. The van der Waals surface area contributed by atoms with Crippen LogP contribution in [0.4, 0.5) is 0 Å². The van der Waals surface area contributed by atoms with Gasteiger partial charge in [0.2, 0.25) is 5.91 Å². The molecule has 2 aromatic rings. The van der Waals surface area contributed by atoms with E-state index in [9.17, 15) is 4.79 Å². The van der Waals surface area contributed by atoms with Crippen LogP contribution in [0.25, 0.3) is 0 Å². The Bertz CT molecular complexity index is 798. The van der Waals surface area contributed by atoms with Gasteiger partial charge in [0.25, 0.3) is 0 Å². The summed E-state index contributed by atoms with van der Waals surface area (Å²) < 4.78 is 12.8. The average molecular weight is 461 g/mol. The number of halogens is 1. The highest BCUT2D eigenvalue weighted by molar-refractivity contribution is 9.10. The van der Waals surface area contributed by atoms with E-state index < -0.39 is 0 Å². The summed E-state index contributed by atoms with van der Waals surface area (Å²) in [5.41, 5.74) is 2.24. The third-order valence-corrected chi connectivity index (χ3v) is 5.66. The third kappa shape index (κ3) is 6.47. The molecule has 1 amide bonds. The van der Waals surface area contributed by atoms with Crippen molar-refractivity contribution in [2.45, 2.75) is 39.3 Å². The van der Waals surface area contributed by atoms with E-state index >= 15 is 0 Å². The second-order valence-corrected chi connectivity index (χ2v) is 7.97. The Balaban J connectivity index is 1.53. The number of nitrogens with one attached hydrogen (secondary N) is 1. The summed E-state index contributed by atoms with van der Waals surface area (Å²) in [7, 11) is 0. The number of benzene rings is 2. The first kappa shape index (κ1) is 21.7. The standard InChI is InChI=1S/C23H29BrN2O3/c1-2-28-21-14-19(16-25-11-7-13-26-12-6-10-23(26)27)20(24)15-22(21)29-17-18-8-4-3-5-9-18/h3-5,8-9,14-15,25H,2,6-7,10-13,16-17H2,1H3. The number of ether oxygens (including phenoxy) is 2. The zero-order chi connectivity index (χ0) is 20.5. The lowest BCUT2D eigenvalue weighted by Gasteiger charge is -2.17. The molecule has 0 spiro atoms. The maximum absolute atomic E-state index is 11.7. The van der Waals surface area contributed by atoms with E-state index in [-0.39, 0.29) is 0 Å². The molecule has 1 heterocycles. The van der Waals surface area contributed by atoms with E-state index in [0.717, 1.165) is 66.1 Å². The number of carbonyl (C=O) groups excluding carboxylic acids is 1. The molecular formula is C23H29BrN2O3. The highest BCUT2D eigenvalue weighted by Crippen LogP contribution is 2.34. The predicted molar refractivity (Wildman–Crippen MR) is 118 cm³/mol. The molecule has 0 unspecified atom stereocenters. The summed E-state index contributed by atoms with van der Waals surface area (Å²) in [6, 6.07) is 14.1. The van der Waals surface area contributed by atoms with Crippen LogP contribution >= 0.6 is 15.9 Å². The van der Waals surface area contributed by atoms with Gasteiger partial charge in [-0.1, -0.05) is 46.3 Å². The molecule has 5 nitrogen and oxygen atoms in total. The maximum atomic E-state index is 11.7. The smallest absolute Gasteiger partial charge is 0.222 e. The van der Waals surface area contributed by atoms with Crippen molar-refractivity contribution >= 4 is 21.8 Å². The van der Waals surface area contributed by atoms with Crippen molar-refractivity contribution in [3.8, 4) is 11.5 Å². The van der Waals surface area contributed by atoms with Crippen molar-refractivity contribution < 1.29 is 14.3 Å². The molecule has 0 bridgehead atoms. The number of rotatable bonds is 11. The Morgan fingerprint density at radius 2 is 1.93 bits per heavy atom. The maximum Gasteiger partial charge on any atom is 0.222 e. The molecule has 1 aliphatic heterocycles. The van der Waals surface area contributed by atoms with E-state index in [0.29, 0.717) is 25.5 Å². The van der Waals surface area contributed by atoms with Crippen LogP contribution in [0, 0.1) is 0 Å². The molecule has 2 aromatic carbocycles. The van der Waals surface area contributed by atoms with Crippen molar-refractivity contribution in [2.24, 2.45) is 0 Å². The minimum Gasteiger partial charge on any atom is -0.490 e. The lowest BCUT2D eigenvalue weighted by atomic mass is 10.2. The normalized spacial score (nSPS) is 13.7. The average Bonchev–Trinajstić information content (AvgIpc) is 3.14. The first-order chi connectivity index (χ1) is 14.2. The van der Waals surface area contributed by atoms with E-state index in [1.165, 1.54) is 0 Å². The van der Waals surface area contributed by atoms with Crippen molar-refractivity contribution in [2.75, 3.05) is 26.2 Å². The Hall–Kier alpha value is -2.05. The van der Waals surface area contributed by atoms with Gasteiger partial charge in [0.15, 0.2) is 11.5 Å². The molecule has 1 N–H and O–H groups in total. The minimum atomic E-state index is 0.292. The van der Waals surface area contributed by atoms with Crippen LogP contribution < -0.4 is 14.8 Å². The molecule has 6 heteroatoms. The highest BCUT2D eigenvalue weighted by atomic mass is 79.9. The Morgan fingerprint density at radius 1 is 1.14 bits per heavy atom. The number of hydrogen-bond donors (Lipinski definition) is 1. The molecule has 3 rings (SSSR count). The molecule has 0 saturated carbocycles. The van der Waals surface area contributed by atoms with E-state index in [1.807, 2.05) is 54.3 Å². The van der Waals surface area contributed by atoms with Crippen LogP contribution in [0.1, 0.15) is 37.3 Å². The van der Waals surface area contributed by atoms with Gasteiger partial charge in [0.05, 0.1) is 6.61 Å². The Morgan fingerprint density at radius 3 is 2.66 bits per heavy atom. The summed E-state index contributed by atoms with van der Waals surface area (Å²) in [5, 5.41) is 3.46. The third-order valence-electron chi connectivity index (χ3n) is 4.92. The fraction of sp³-hybridized carbons (Fsp3) is 0.435. The molecule has 156 valence electrons. The quantitative estimate of drug-likeness (QED) is 0.500. The molecule has 1 saturated heterocycles. The molecule has 0 radical (unpaired) electrons. The van der Waals surface area contributed by atoms with Gasteiger partial charge in [-0.3, -0.25) is 4.79 Å². The summed E-state index contributed by atoms with van der Waals surface area (Å²) in [6.45, 7) is 6.40. The number of nitrogens with zero attached hydrogens (tertiary/aromatic N) is 1. The van der Waals surface area contributed by atoms with Crippen LogP contribution in [-0.4, -0.2) is 37.0 Å².